The maximum Gasteiger partial charge on any atom is 0.227 e. The fraction of sp³-hybridized carbons (Fsp3) is 0.364. The Morgan fingerprint density at radius 2 is 2.03 bits per heavy atom. The molecule has 1 atom stereocenters. The molecule has 0 radical (unpaired) electrons. The van der Waals surface area contributed by atoms with Crippen LogP contribution in [-0.4, -0.2) is 52.7 Å². The van der Waals surface area contributed by atoms with E-state index in [4.69, 9.17) is 19.0 Å². The van der Waals surface area contributed by atoms with Crippen LogP contribution in [0.25, 0.3) is 11.3 Å². The Balaban J connectivity index is 1.41. The number of hydrogen-bond acceptors (Lipinski definition) is 7. The number of rotatable bonds is 6. The van der Waals surface area contributed by atoms with Gasteiger partial charge in [-0.05, 0) is 43.3 Å². The molecular formula is C22H24N4O4. The number of hydrogen-bond donors (Lipinski definition) is 0. The zero-order valence-corrected chi connectivity index (χ0v) is 17.1. The molecule has 3 heterocycles. The van der Waals surface area contributed by atoms with E-state index in [0.29, 0.717) is 44.3 Å². The molecule has 1 aliphatic rings. The molecule has 1 amide bonds. The van der Waals surface area contributed by atoms with E-state index in [1.165, 1.54) is 0 Å². The van der Waals surface area contributed by atoms with Crippen LogP contribution in [0, 0.1) is 6.92 Å². The molecule has 0 bridgehead atoms. The Morgan fingerprint density at radius 3 is 2.77 bits per heavy atom. The van der Waals surface area contributed by atoms with Crippen LogP contribution in [0.2, 0.25) is 0 Å². The summed E-state index contributed by atoms with van der Waals surface area (Å²) in [6, 6.07) is 13.6. The highest BCUT2D eigenvalue weighted by Crippen LogP contribution is 2.25. The zero-order chi connectivity index (χ0) is 20.9. The Labute approximate surface area is 174 Å². The van der Waals surface area contributed by atoms with E-state index in [2.05, 4.69) is 10.1 Å². The number of methoxy groups -OCH3 is 1. The third-order valence-corrected chi connectivity index (χ3v) is 5.03. The van der Waals surface area contributed by atoms with E-state index >= 15 is 0 Å². The van der Waals surface area contributed by atoms with Crippen molar-refractivity contribution in [1.82, 2.24) is 20.0 Å². The monoisotopic (exact) mass is 408 g/mol. The van der Waals surface area contributed by atoms with Gasteiger partial charge in [0.15, 0.2) is 5.82 Å². The molecule has 156 valence electrons. The Hall–Kier alpha value is -3.26. The van der Waals surface area contributed by atoms with E-state index in [1.807, 2.05) is 47.4 Å². The van der Waals surface area contributed by atoms with Crippen molar-refractivity contribution in [3.63, 3.8) is 0 Å². The van der Waals surface area contributed by atoms with Crippen molar-refractivity contribution in [3.8, 4) is 17.0 Å². The van der Waals surface area contributed by atoms with Crippen molar-refractivity contribution >= 4 is 5.91 Å². The third-order valence-electron chi connectivity index (χ3n) is 5.03. The number of morpholine rings is 1. The molecular weight excluding hydrogens is 384 g/mol. The van der Waals surface area contributed by atoms with Crippen molar-refractivity contribution in [2.45, 2.75) is 25.9 Å². The van der Waals surface area contributed by atoms with Crippen molar-refractivity contribution in [2.75, 3.05) is 26.8 Å². The quantitative estimate of drug-likeness (QED) is 0.619. The second kappa shape index (κ2) is 9.04. The molecule has 8 heteroatoms. The minimum atomic E-state index is -0.258. The van der Waals surface area contributed by atoms with Gasteiger partial charge in [-0.2, -0.15) is 4.98 Å². The number of benzene rings is 1. The van der Waals surface area contributed by atoms with Crippen LogP contribution in [0.1, 0.15) is 29.9 Å². The van der Waals surface area contributed by atoms with Crippen molar-refractivity contribution in [3.05, 3.63) is 59.9 Å². The normalized spacial score (nSPS) is 16.5. The molecule has 1 aromatic carbocycles. The smallest absolute Gasteiger partial charge is 0.227 e. The number of ether oxygens (including phenoxy) is 2. The van der Waals surface area contributed by atoms with E-state index < -0.39 is 0 Å². The van der Waals surface area contributed by atoms with Gasteiger partial charge in [-0.25, -0.2) is 4.98 Å². The van der Waals surface area contributed by atoms with E-state index in [9.17, 15) is 4.79 Å². The topological polar surface area (TPSA) is 90.6 Å². The molecule has 1 unspecified atom stereocenters. The SMILES string of the molecule is COc1ccc(-c2cccc(C3CN(C(=O)CCc4nc(C)no4)CCO3)n2)cc1. The minimum Gasteiger partial charge on any atom is -0.497 e. The fourth-order valence-electron chi connectivity index (χ4n) is 3.42. The Morgan fingerprint density at radius 1 is 1.20 bits per heavy atom. The van der Waals surface area contributed by atoms with Gasteiger partial charge in [-0.15, -0.1) is 0 Å². The standard InChI is InChI=1S/C22H24N4O4/c1-15-23-21(30-25-15)10-11-22(27)26-12-13-29-20(14-26)19-5-3-4-18(24-19)16-6-8-17(28-2)9-7-16/h3-9,20H,10-14H2,1-2H3. The first-order chi connectivity index (χ1) is 14.6. The average molecular weight is 408 g/mol. The summed E-state index contributed by atoms with van der Waals surface area (Å²) in [6.07, 6.45) is 0.507. The van der Waals surface area contributed by atoms with E-state index in [1.54, 1.807) is 14.0 Å². The summed E-state index contributed by atoms with van der Waals surface area (Å²) >= 11 is 0. The summed E-state index contributed by atoms with van der Waals surface area (Å²) < 4.78 is 16.2. The van der Waals surface area contributed by atoms with Gasteiger partial charge >= 0.3 is 0 Å². The highest BCUT2D eigenvalue weighted by molar-refractivity contribution is 5.76. The summed E-state index contributed by atoms with van der Waals surface area (Å²) in [6.45, 7) is 3.27. The predicted molar refractivity (Wildman–Crippen MR) is 109 cm³/mol. The minimum absolute atomic E-state index is 0.0467. The molecule has 0 spiro atoms. The molecule has 0 saturated carbocycles. The molecule has 8 nitrogen and oxygen atoms in total. The highest BCUT2D eigenvalue weighted by atomic mass is 16.5. The molecule has 0 N–H and O–H groups in total. The number of aryl methyl sites for hydroxylation is 2. The molecule has 30 heavy (non-hydrogen) atoms. The molecule has 2 aromatic heterocycles. The van der Waals surface area contributed by atoms with E-state index in [0.717, 1.165) is 22.7 Å². The van der Waals surface area contributed by atoms with E-state index in [-0.39, 0.29) is 12.0 Å². The lowest BCUT2D eigenvalue weighted by Crippen LogP contribution is -2.42. The van der Waals surface area contributed by atoms with Gasteiger partial charge < -0.3 is 18.9 Å². The van der Waals surface area contributed by atoms with Gasteiger partial charge in [0.2, 0.25) is 11.8 Å². The van der Waals surface area contributed by atoms with Crippen LogP contribution in [0.5, 0.6) is 5.75 Å². The van der Waals surface area contributed by atoms with Crippen LogP contribution < -0.4 is 4.74 Å². The first kappa shape index (κ1) is 20.0. The lowest BCUT2D eigenvalue weighted by atomic mass is 10.1. The zero-order valence-electron chi connectivity index (χ0n) is 17.1. The number of amides is 1. The summed E-state index contributed by atoms with van der Waals surface area (Å²) in [5.41, 5.74) is 2.67. The first-order valence-electron chi connectivity index (χ1n) is 9.92. The van der Waals surface area contributed by atoms with Crippen LogP contribution in [0.4, 0.5) is 0 Å². The average Bonchev–Trinajstić information content (AvgIpc) is 3.23. The Kier molecular flexibility index (Phi) is 6.04. The van der Waals surface area contributed by atoms with Gasteiger partial charge in [0, 0.05) is 24.9 Å². The number of pyridine rings is 1. The Bertz CT molecular complexity index is 1000. The number of aromatic nitrogens is 3. The van der Waals surface area contributed by atoms with Crippen LogP contribution >= 0.6 is 0 Å². The van der Waals surface area contributed by atoms with Gasteiger partial charge in [-0.1, -0.05) is 11.2 Å². The third kappa shape index (κ3) is 4.65. The van der Waals surface area contributed by atoms with Crippen molar-refractivity contribution in [1.29, 1.82) is 0 Å². The van der Waals surface area contributed by atoms with Crippen LogP contribution in [0.3, 0.4) is 0 Å². The van der Waals surface area contributed by atoms with Crippen molar-refractivity contribution in [2.24, 2.45) is 0 Å². The lowest BCUT2D eigenvalue weighted by molar-refractivity contribution is -0.139. The van der Waals surface area contributed by atoms with Gasteiger partial charge in [0.25, 0.3) is 0 Å². The van der Waals surface area contributed by atoms with Gasteiger partial charge in [0.1, 0.15) is 11.9 Å². The summed E-state index contributed by atoms with van der Waals surface area (Å²) in [5, 5.41) is 3.76. The first-order valence-corrected chi connectivity index (χ1v) is 9.92. The number of carbonyl (C=O) groups is 1. The summed E-state index contributed by atoms with van der Waals surface area (Å²) in [7, 11) is 1.64. The van der Waals surface area contributed by atoms with Crippen LogP contribution in [0.15, 0.2) is 47.0 Å². The predicted octanol–water partition coefficient (Wildman–Crippen LogP) is 2.98. The fourth-order valence-corrected chi connectivity index (χ4v) is 3.42. The molecule has 1 fully saturated rings. The largest absolute Gasteiger partial charge is 0.497 e. The molecule has 0 aliphatic carbocycles. The molecule has 3 aromatic rings. The molecule has 1 saturated heterocycles. The van der Waals surface area contributed by atoms with Crippen molar-refractivity contribution < 1.29 is 18.8 Å². The second-order valence-corrected chi connectivity index (χ2v) is 7.11. The second-order valence-electron chi connectivity index (χ2n) is 7.11. The molecule has 4 rings (SSSR count). The van der Waals surface area contributed by atoms with Gasteiger partial charge in [0.05, 0.1) is 31.6 Å². The summed E-state index contributed by atoms with van der Waals surface area (Å²) in [4.78, 5) is 23.4. The number of nitrogens with zero attached hydrogens (tertiary/aromatic N) is 4. The number of carbonyl (C=O) groups excluding carboxylic acids is 1. The van der Waals surface area contributed by atoms with Crippen LogP contribution in [-0.2, 0) is 16.0 Å². The maximum absolute atomic E-state index is 12.7. The lowest BCUT2D eigenvalue weighted by Gasteiger charge is -2.32. The highest BCUT2D eigenvalue weighted by Gasteiger charge is 2.26. The summed E-state index contributed by atoms with van der Waals surface area (Å²) in [5.74, 6) is 1.91. The molecule has 1 aliphatic heterocycles. The van der Waals surface area contributed by atoms with Gasteiger partial charge in [-0.3, -0.25) is 4.79 Å². The maximum atomic E-state index is 12.7.